The number of hydrogen-bond acceptors (Lipinski definition) is 3. The van der Waals surface area contributed by atoms with E-state index in [1.54, 1.807) is 11.8 Å². The summed E-state index contributed by atoms with van der Waals surface area (Å²) in [4.78, 5) is 4.73. The molecule has 1 heterocycles. The van der Waals surface area contributed by atoms with Gasteiger partial charge in [-0.05, 0) is 46.4 Å². The van der Waals surface area contributed by atoms with Crippen LogP contribution in [0.3, 0.4) is 0 Å². The molecule has 0 spiro atoms. The number of anilines is 1. The van der Waals surface area contributed by atoms with E-state index < -0.39 is 0 Å². The Labute approximate surface area is 141 Å². The van der Waals surface area contributed by atoms with Crippen LogP contribution in [0.1, 0.15) is 11.6 Å². The normalized spacial score (nSPS) is 17.9. The number of nitrogens with zero attached hydrogens (tertiary/aromatic N) is 1. The molecule has 3 rings (SSSR count). The third-order valence-corrected chi connectivity index (χ3v) is 4.96. The molecule has 102 valence electrons. The Kier molecular flexibility index (Phi) is 4.53. The molecule has 0 saturated carbocycles. The third-order valence-electron chi connectivity index (χ3n) is 3.01. The number of nitrogens with one attached hydrogen (secondary N) is 1. The standard InChI is InChI=1S/C15H12ClIN2S/c16-12-8-11(17)6-7-13(12)18-15-19-14(9-20-15)10-4-2-1-3-5-10/h1-8,14H,9H2,(H,18,19). The molecule has 1 atom stereocenters. The number of halogens is 2. The highest BCUT2D eigenvalue weighted by Crippen LogP contribution is 2.32. The molecule has 2 aromatic carbocycles. The van der Waals surface area contributed by atoms with Crippen molar-refractivity contribution in [1.82, 2.24) is 0 Å². The zero-order valence-corrected chi connectivity index (χ0v) is 14.2. The van der Waals surface area contributed by atoms with Crippen molar-refractivity contribution in [2.75, 3.05) is 11.1 Å². The number of rotatable bonds is 2. The minimum atomic E-state index is 0.228. The van der Waals surface area contributed by atoms with Crippen LogP contribution in [0.15, 0.2) is 53.5 Å². The van der Waals surface area contributed by atoms with Crippen LogP contribution in [0.25, 0.3) is 0 Å². The average molecular weight is 415 g/mol. The lowest BCUT2D eigenvalue weighted by atomic mass is 10.1. The van der Waals surface area contributed by atoms with E-state index in [0.717, 1.165) is 25.2 Å². The van der Waals surface area contributed by atoms with Gasteiger partial charge < -0.3 is 5.32 Å². The molecule has 0 aliphatic carbocycles. The van der Waals surface area contributed by atoms with E-state index in [9.17, 15) is 0 Å². The Morgan fingerprint density at radius 1 is 1.20 bits per heavy atom. The van der Waals surface area contributed by atoms with Crippen molar-refractivity contribution in [3.8, 4) is 0 Å². The Hall–Kier alpha value is -0.720. The molecule has 2 nitrogen and oxygen atoms in total. The van der Waals surface area contributed by atoms with E-state index >= 15 is 0 Å². The maximum atomic E-state index is 6.23. The second kappa shape index (κ2) is 6.37. The molecule has 1 aliphatic heterocycles. The van der Waals surface area contributed by atoms with Crippen molar-refractivity contribution < 1.29 is 0 Å². The van der Waals surface area contributed by atoms with Gasteiger partial charge >= 0.3 is 0 Å². The van der Waals surface area contributed by atoms with E-state index in [2.05, 4.69) is 52.2 Å². The fourth-order valence-corrected chi connectivity index (χ4v) is 3.86. The highest BCUT2D eigenvalue weighted by atomic mass is 127. The van der Waals surface area contributed by atoms with Gasteiger partial charge in [0, 0.05) is 9.32 Å². The van der Waals surface area contributed by atoms with Crippen LogP contribution in [-0.4, -0.2) is 10.9 Å². The Bertz CT molecular complexity index is 646. The van der Waals surface area contributed by atoms with Gasteiger partial charge in [0.25, 0.3) is 0 Å². The third kappa shape index (κ3) is 3.30. The summed E-state index contributed by atoms with van der Waals surface area (Å²) in [6, 6.07) is 16.6. The van der Waals surface area contributed by atoms with Crippen LogP contribution >= 0.6 is 46.0 Å². The van der Waals surface area contributed by atoms with E-state index in [1.807, 2.05) is 24.3 Å². The Morgan fingerprint density at radius 3 is 2.75 bits per heavy atom. The van der Waals surface area contributed by atoms with Crippen molar-refractivity contribution in [3.63, 3.8) is 0 Å². The van der Waals surface area contributed by atoms with Crippen molar-refractivity contribution in [3.05, 3.63) is 62.7 Å². The number of amidine groups is 1. The SMILES string of the molecule is Clc1cc(I)ccc1NC1=NC(c2ccccc2)CS1. The molecular weight excluding hydrogens is 403 g/mol. The number of aliphatic imine (C=N–C) groups is 1. The van der Waals surface area contributed by atoms with Crippen molar-refractivity contribution in [1.29, 1.82) is 0 Å². The summed E-state index contributed by atoms with van der Waals surface area (Å²) >= 11 is 10.2. The number of benzene rings is 2. The summed E-state index contributed by atoms with van der Waals surface area (Å²) in [7, 11) is 0. The van der Waals surface area contributed by atoms with E-state index in [-0.39, 0.29) is 6.04 Å². The van der Waals surface area contributed by atoms with Crippen LogP contribution in [0, 0.1) is 3.57 Å². The van der Waals surface area contributed by atoms with Gasteiger partial charge in [-0.3, -0.25) is 4.99 Å². The van der Waals surface area contributed by atoms with E-state index in [1.165, 1.54) is 5.56 Å². The molecule has 5 heteroatoms. The highest BCUT2D eigenvalue weighted by molar-refractivity contribution is 14.1. The molecular formula is C15H12ClIN2S. The monoisotopic (exact) mass is 414 g/mol. The first kappa shape index (κ1) is 14.2. The fraction of sp³-hybridized carbons (Fsp3) is 0.133. The predicted octanol–water partition coefficient (Wildman–Crippen LogP) is 5.20. The van der Waals surface area contributed by atoms with Crippen LogP contribution in [0.2, 0.25) is 5.02 Å². The predicted molar refractivity (Wildman–Crippen MR) is 96.9 cm³/mol. The average Bonchev–Trinajstić information content (AvgIpc) is 2.92. The molecule has 0 fully saturated rings. The minimum absolute atomic E-state index is 0.228. The van der Waals surface area contributed by atoms with Gasteiger partial charge in [-0.1, -0.05) is 53.7 Å². The van der Waals surface area contributed by atoms with Gasteiger partial charge in [0.05, 0.1) is 16.8 Å². The second-order valence-corrected chi connectivity index (χ2v) is 7.08. The van der Waals surface area contributed by atoms with Crippen LogP contribution in [0.4, 0.5) is 5.69 Å². The molecule has 0 radical (unpaired) electrons. The zero-order chi connectivity index (χ0) is 13.9. The molecule has 1 aliphatic rings. The summed E-state index contributed by atoms with van der Waals surface area (Å²) in [5.74, 6) is 0.967. The molecule has 0 bridgehead atoms. The van der Waals surface area contributed by atoms with Crippen LogP contribution in [-0.2, 0) is 0 Å². The first-order valence-electron chi connectivity index (χ1n) is 6.20. The summed E-state index contributed by atoms with van der Waals surface area (Å²) < 4.78 is 1.13. The largest absolute Gasteiger partial charge is 0.334 e. The quantitative estimate of drug-likeness (QED) is 0.683. The van der Waals surface area contributed by atoms with Gasteiger partial charge in [0.2, 0.25) is 0 Å². The molecule has 2 aromatic rings. The van der Waals surface area contributed by atoms with Crippen molar-refractivity contribution in [2.45, 2.75) is 6.04 Å². The maximum absolute atomic E-state index is 6.23. The highest BCUT2D eigenvalue weighted by Gasteiger charge is 2.20. The fourth-order valence-electron chi connectivity index (χ4n) is 1.99. The smallest absolute Gasteiger partial charge is 0.161 e. The lowest BCUT2D eigenvalue weighted by Crippen LogP contribution is -2.05. The number of hydrogen-bond donors (Lipinski definition) is 1. The van der Waals surface area contributed by atoms with Gasteiger partial charge in [-0.2, -0.15) is 0 Å². The number of thioether (sulfide) groups is 1. The summed E-state index contributed by atoms with van der Waals surface area (Å²) in [5, 5.41) is 4.97. The Morgan fingerprint density at radius 2 is 2.00 bits per heavy atom. The van der Waals surface area contributed by atoms with E-state index in [0.29, 0.717) is 0 Å². The molecule has 0 amide bonds. The minimum Gasteiger partial charge on any atom is -0.334 e. The topological polar surface area (TPSA) is 24.4 Å². The summed E-state index contributed by atoms with van der Waals surface area (Å²) in [5.41, 5.74) is 2.16. The Balaban J connectivity index is 1.76. The van der Waals surface area contributed by atoms with Crippen LogP contribution in [0.5, 0.6) is 0 Å². The van der Waals surface area contributed by atoms with Crippen LogP contribution < -0.4 is 5.32 Å². The van der Waals surface area contributed by atoms with Crippen molar-refractivity contribution >= 4 is 56.8 Å². The van der Waals surface area contributed by atoms with Gasteiger partial charge in [-0.15, -0.1) is 0 Å². The van der Waals surface area contributed by atoms with Gasteiger partial charge in [0.1, 0.15) is 0 Å². The van der Waals surface area contributed by atoms with Gasteiger partial charge in [-0.25, -0.2) is 0 Å². The summed E-state index contributed by atoms with van der Waals surface area (Å²) in [6.07, 6.45) is 0. The first-order valence-corrected chi connectivity index (χ1v) is 8.64. The molecule has 0 saturated heterocycles. The lowest BCUT2D eigenvalue weighted by Gasteiger charge is -2.07. The van der Waals surface area contributed by atoms with Gasteiger partial charge in [0.15, 0.2) is 5.17 Å². The zero-order valence-electron chi connectivity index (χ0n) is 10.5. The van der Waals surface area contributed by atoms with Crippen molar-refractivity contribution in [2.24, 2.45) is 4.99 Å². The molecule has 20 heavy (non-hydrogen) atoms. The maximum Gasteiger partial charge on any atom is 0.161 e. The molecule has 1 N–H and O–H groups in total. The van der Waals surface area contributed by atoms with E-state index in [4.69, 9.17) is 16.6 Å². The molecule has 1 unspecified atom stereocenters. The molecule has 0 aromatic heterocycles. The second-order valence-electron chi connectivity index (χ2n) is 4.42. The lowest BCUT2D eigenvalue weighted by molar-refractivity contribution is 0.849. The first-order chi connectivity index (χ1) is 9.72. The summed E-state index contributed by atoms with van der Waals surface area (Å²) in [6.45, 7) is 0.